The predicted molar refractivity (Wildman–Crippen MR) is 80.2 cm³/mol. The van der Waals surface area contributed by atoms with Gasteiger partial charge in [-0.3, -0.25) is 0 Å². The average Bonchev–Trinajstić information content (AvgIpc) is 2.46. The molecule has 0 bridgehead atoms. The van der Waals surface area contributed by atoms with Crippen LogP contribution >= 0.6 is 11.8 Å². The van der Waals surface area contributed by atoms with Gasteiger partial charge in [0.15, 0.2) is 0 Å². The van der Waals surface area contributed by atoms with Crippen molar-refractivity contribution < 1.29 is 9.90 Å². The number of nitrogens with zero attached hydrogens (tertiary/aromatic N) is 2. The number of benzene rings is 1. The van der Waals surface area contributed by atoms with Gasteiger partial charge in [0.25, 0.3) is 0 Å². The van der Waals surface area contributed by atoms with Crippen molar-refractivity contribution in [1.82, 2.24) is 0 Å². The van der Waals surface area contributed by atoms with Gasteiger partial charge in [0.1, 0.15) is 11.6 Å². The number of hydrogen-bond acceptors (Lipinski definition) is 4. The summed E-state index contributed by atoms with van der Waals surface area (Å²) in [6.07, 6.45) is 4.39. The second-order valence-corrected chi connectivity index (χ2v) is 6.00. The number of thioether (sulfide) groups is 1. The van der Waals surface area contributed by atoms with Crippen LogP contribution < -0.4 is 4.90 Å². The maximum absolute atomic E-state index is 11.7. The number of carboxylic acid groups (broad SMARTS) is 1. The fraction of sp³-hybridized carbons (Fsp3) is 0.467. The zero-order valence-electron chi connectivity index (χ0n) is 11.7. The third-order valence-corrected chi connectivity index (χ3v) is 4.76. The van der Waals surface area contributed by atoms with E-state index in [1.165, 1.54) is 11.8 Å². The van der Waals surface area contributed by atoms with Crippen LogP contribution in [0, 0.1) is 11.3 Å². The van der Waals surface area contributed by atoms with Crippen molar-refractivity contribution in [2.24, 2.45) is 0 Å². The molecule has 1 aliphatic heterocycles. The number of rotatable bonds is 3. The van der Waals surface area contributed by atoms with E-state index in [9.17, 15) is 15.2 Å². The number of carbonyl (C=O) groups is 1. The van der Waals surface area contributed by atoms with E-state index in [0.717, 1.165) is 23.4 Å². The Morgan fingerprint density at radius 3 is 2.85 bits per heavy atom. The van der Waals surface area contributed by atoms with E-state index in [1.54, 1.807) is 6.92 Å². The Kier molecular flexibility index (Phi) is 4.24. The van der Waals surface area contributed by atoms with Crippen LogP contribution in [0.5, 0.6) is 0 Å². The summed E-state index contributed by atoms with van der Waals surface area (Å²) in [4.78, 5) is 14.5. The Hall–Kier alpha value is -1.67. The first-order valence-electron chi connectivity index (χ1n) is 6.62. The van der Waals surface area contributed by atoms with Gasteiger partial charge in [-0.15, -0.1) is 11.8 Å². The molecule has 1 unspecified atom stereocenters. The quantitative estimate of drug-likeness (QED) is 0.866. The molecule has 1 atom stereocenters. The van der Waals surface area contributed by atoms with Crippen LogP contribution in [0.1, 0.15) is 31.7 Å². The fourth-order valence-corrected chi connectivity index (χ4v) is 3.33. The zero-order chi connectivity index (χ0) is 14.8. The van der Waals surface area contributed by atoms with Crippen molar-refractivity contribution in [2.45, 2.75) is 36.6 Å². The smallest absolute Gasteiger partial charge is 0.329 e. The van der Waals surface area contributed by atoms with Gasteiger partial charge in [0.2, 0.25) is 0 Å². The molecule has 1 aromatic rings. The lowest BCUT2D eigenvalue weighted by molar-refractivity contribution is -0.143. The van der Waals surface area contributed by atoms with Crippen LogP contribution in [-0.4, -0.2) is 29.4 Å². The molecule has 0 saturated carbocycles. The van der Waals surface area contributed by atoms with E-state index in [1.807, 2.05) is 29.4 Å². The Labute approximate surface area is 123 Å². The van der Waals surface area contributed by atoms with E-state index < -0.39 is 11.5 Å². The molecule has 1 N–H and O–H groups in total. The molecule has 106 valence electrons. The van der Waals surface area contributed by atoms with Crippen molar-refractivity contribution in [3.8, 4) is 6.07 Å². The maximum atomic E-state index is 11.7. The molecular weight excluding hydrogens is 272 g/mol. The third-order valence-electron chi connectivity index (χ3n) is 3.98. The van der Waals surface area contributed by atoms with Crippen LogP contribution in [0.3, 0.4) is 0 Å². The topological polar surface area (TPSA) is 64.3 Å². The fourth-order valence-electron chi connectivity index (χ4n) is 2.76. The summed E-state index contributed by atoms with van der Waals surface area (Å²) < 4.78 is 0. The molecule has 1 aliphatic rings. The molecule has 1 fully saturated rings. The molecule has 0 radical (unpaired) electrons. The molecule has 0 aliphatic carbocycles. The monoisotopic (exact) mass is 290 g/mol. The first kappa shape index (κ1) is 14.7. The zero-order valence-corrected chi connectivity index (χ0v) is 12.5. The molecule has 1 aromatic carbocycles. The van der Waals surface area contributed by atoms with Gasteiger partial charge in [-0.05, 0) is 44.6 Å². The van der Waals surface area contributed by atoms with E-state index in [4.69, 9.17) is 0 Å². The van der Waals surface area contributed by atoms with Crippen molar-refractivity contribution in [1.29, 1.82) is 5.26 Å². The number of aliphatic carboxylic acids is 1. The van der Waals surface area contributed by atoms with E-state index in [-0.39, 0.29) is 0 Å². The van der Waals surface area contributed by atoms with Crippen LogP contribution in [-0.2, 0) is 4.79 Å². The molecule has 1 saturated heterocycles. The molecule has 4 nitrogen and oxygen atoms in total. The van der Waals surface area contributed by atoms with Gasteiger partial charge in [0.05, 0.1) is 11.3 Å². The van der Waals surface area contributed by atoms with E-state index in [0.29, 0.717) is 18.5 Å². The van der Waals surface area contributed by atoms with Gasteiger partial charge < -0.3 is 10.0 Å². The first-order chi connectivity index (χ1) is 9.54. The SMILES string of the molecule is CSc1cccc(N2CCCCC2(C)C(=O)O)c1C#N. The van der Waals surface area contributed by atoms with Gasteiger partial charge in [-0.25, -0.2) is 4.79 Å². The van der Waals surface area contributed by atoms with Crippen LogP contribution in [0.25, 0.3) is 0 Å². The Bertz CT molecular complexity index is 567. The lowest BCUT2D eigenvalue weighted by Gasteiger charge is -2.43. The number of carboxylic acids is 1. The Morgan fingerprint density at radius 1 is 1.50 bits per heavy atom. The second kappa shape index (κ2) is 5.76. The Morgan fingerprint density at radius 2 is 2.25 bits per heavy atom. The highest BCUT2D eigenvalue weighted by atomic mass is 32.2. The lowest BCUT2D eigenvalue weighted by atomic mass is 9.87. The molecule has 2 rings (SSSR count). The number of piperidine rings is 1. The highest BCUT2D eigenvalue weighted by Gasteiger charge is 2.42. The van der Waals surface area contributed by atoms with E-state index in [2.05, 4.69) is 6.07 Å². The van der Waals surface area contributed by atoms with Crippen molar-refractivity contribution >= 4 is 23.4 Å². The molecule has 20 heavy (non-hydrogen) atoms. The van der Waals surface area contributed by atoms with Crippen LogP contribution in [0.2, 0.25) is 0 Å². The highest BCUT2D eigenvalue weighted by molar-refractivity contribution is 7.98. The number of nitriles is 1. The summed E-state index contributed by atoms with van der Waals surface area (Å²) >= 11 is 1.51. The summed E-state index contributed by atoms with van der Waals surface area (Å²) in [5.41, 5.74) is 0.388. The molecule has 0 aromatic heterocycles. The summed E-state index contributed by atoms with van der Waals surface area (Å²) in [5, 5.41) is 19.0. The minimum Gasteiger partial charge on any atom is -0.480 e. The molecule has 5 heteroatoms. The normalized spacial score (nSPS) is 22.4. The largest absolute Gasteiger partial charge is 0.480 e. The minimum atomic E-state index is -0.930. The summed E-state index contributed by atoms with van der Waals surface area (Å²) in [6.45, 7) is 2.43. The summed E-state index contributed by atoms with van der Waals surface area (Å²) in [7, 11) is 0. The van der Waals surface area contributed by atoms with Crippen molar-refractivity contribution in [3.63, 3.8) is 0 Å². The number of hydrogen-bond donors (Lipinski definition) is 1. The van der Waals surface area contributed by atoms with E-state index >= 15 is 0 Å². The lowest BCUT2D eigenvalue weighted by Crippen LogP contribution is -2.55. The van der Waals surface area contributed by atoms with Crippen molar-refractivity contribution in [2.75, 3.05) is 17.7 Å². The number of anilines is 1. The molecule has 1 heterocycles. The summed E-state index contributed by atoms with van der Waals surface area (Å²) in [6, 6.07) is 7.87. The molecule has 0 amide bonds. The van der Waals surface area contributed by atoms with Gasteiger partial charge in [0, 0.05) is 11.4 Å². The Balaban J connectivity index is 2.54. The molecular formula is C15H18N2O2S. The van der Waals surface area contributed by atoms with Gasteiger partial charge >= 0.3 is 5.97 Å². The third kappa shape index (κ3) is 2.36. The minimum absolute atomic E-state index is 0.578. The maximum Gasteiger partial charge on any atom is 0.329 e. The predicted octanol–water partition coefficient (Wildman–Crippen LogP) is 3.11. The average molecular weight is 290 g/mol. The molecule has 0 spiro atoms. The highest BCUT2D eigenvalue weighted by Crippen LogP contribution is 2.37. The second-order valence-electron chi connectivity index (χ2n) is 5.15. The van der Waals surface area contributed by atoms with Gasteiger partial charge in [-0.2, -0.15) is 5.26 Å². The standard InChI is InChI=1S/C15H18N2O2S/c1-15(14(18)19)8-3-4-9-17(15)12-6-5-7-13(20-2)11(12)10-16/h5-7H,3-4,8-9H2,1-2H3,(H,18,19). The van der Waals surface area contributed by atoms with Crippen LogP contribution in [0.15, 0.2) is 23.1 Å². The van der Waals surface area contributed by atoms with Crippen molar-refractivity contribution in [3.05, 3.63) is 23.8 Å². The van der Waals surface area contributed by atoms with Crippen LogP contribution in [0.4, 0.5) is 5.69 Å². The first-order valence-corrected chi connectivity index (χ1v) is 7.85. The van der Waals surface area contributed by atoms with Gasteiger partial charge in [-0.1, -0.05) is 6.07 Å². The summed E-state index contributed by atoms with van der Waals surface area (Å²) in [5.74, 6) is -0.823.